The van der Waals surface area contributed by atoms with Gasteiger partial charge in [-0.25, -0.2) is 22.8 Å². The summed E-state index contributed by atoms with van der Waals surface area (Å²) in [6.07, 6.45) is 0. The third-order valence-corrected chi connectivity index (χ3v) is 5.42. The predicted molar refractivity (Wildman–Crippen MR) is 114 cm³/mol. The molecule has 0 saturated carbocycles. The van der Waals surface area contributed by atoms with Crippen LogP contribution in [0.15, 0.2) is 53.4 Å². The summed E-state index contributed by atoms with van der Waals surface area (Å²) in [5.41, 5.74) is 1.03. The summed E-state index contributed by atoms with van der Waals surface area (Å²) in [6.45, 7) is 4.51. The SMILES string of the molecule is CCNc1cc(Nc2ccc(NS(=O)(=O)c3cc(F)ccc3OC)cc2)nc(C)n1. The smallest absolute Gasteiger partial charge is 0.265 e. The van der Waals surface area contributed by atoms with E-state index in [1.165, 1.54) is 13.2 Å². The largest absolute Gasteiger partial charge is 0.495 e. The van der Waals surface area contributed by atoms with E-state index in [1.54, 1.807) is 37.3 Å². The van der Waals surface area contributed by atoms with E-state index in [2.05, 4.69) is 25.3 Å². The van der Waals surface area contributed by atoms with Crippen molar-refractivity contribution in [3.05, 3.63) is 60.2 Å². The standard InChI is InChI=1S/C20H22FN5O3S/c1-4-22-19-12-20(24-13(2)23-19)25-15-6-8-16(9-7-15)26-30(27,28)18-11-14(21)5-10-17(18)29-3/h5-12,26H,4H2,1-3H3,(H2,22,23,24,25). The lowest BCUT2D eigenvalue weighted by atomic mass is 10.3. The minimum atomic E-state index is -4.03. The maximum Gasteiger partial charge on any atom is 0.265 e. The van der Waals surface area contributed by atoms with E-state index in [-0.39, 0.29) is 10.6 Å². The first kappa shape index (κ1) is 21.3. The highest BCUT2D eigenvalue weighted by Gasteiger charge is 2.20. The molecule has 0 aliphatic carbocycles. The van der Waals surface area contributed by atoms with Crippen LogP contribution >= 0.6 is 0 Å². The molecule has 0 spiro atoms. The molecule has 30 heavy (non-hydrogen) atoms. The van der Waals surface area contributed by atoms with E-state index in [1.807, 2.05) is 6.92 Å². The molecule has 1 aromatic heterocycles. The van der Waals surface area contributed by atoms with Crippen LogP contribution in [0.3, 0.4) is 0 Å². The molecule has 0 aliphatic rings. The topological polar surface area (TPSA) is 105 Å². The number of aromatic nitrogens is 2. The Labute approximate surface area is 174 Å². The molecule has 0 unspecified atom stereocenters. The molecule has 3 rings (SSSR count). The monoisotopic (exact) mass is 431 g/mol. The maximum atomic E-state index is 13.5. The van der Waals surface area contributed by atoms with Crippen LogP contribution in [-0.2, 0) is 10.0 Å². The second-order valence-corrected chi connectivity index (χ2v) is 7.97. The first-order chi connectivity index (χ1) is 14.3. The van der Waals surface area contributed by atoms with Crippen LogP contribution in [0.1, 0.15) is 12.7 Å². The van der Waals surface area contributed by atoms with Gasteiger partial charge in [-0.1, -0.05) is 0 Å². The van der Waals surface area contributed by atoms with Crippen molar-refractivity contribution in [2.45, 2.75) is 18.7 Å². The van der Waals surface area contributed by atoms with E-state index in [0.717, 1.165) is 18.7 Å². The van der Waals surface area contributed by atoms with Crippen LogP contribution in [-0.4, -0.2) is 32.0 Å². The van der Waals surface area contributed by atoms with Crippen molar-refractivity contribution < 1.29 is 17.5 Å². The van der Waals surface area contributed by atoms with Gasteiger partial charge in [-0.15, -0.1) is 0 Å². The molecule has 0 radical (unpaired) electrons. The van der Waals surface area contributed by atoms with Gasteiger partial charge in [0.1, 0.15) is 33.9 Å². The molecule has 10 heteroatoms. The van der Waals surface area contributed by atoms with Gasteiger partial charge in [0.2, 0.25) is 0 Å². The predicted octanol–water partition coefficient (Wildman–Crippen LogP) is 3.91. The number of hydrogen-bond acceptors (Lipinski definition) is 7. The van der Waals surface area contributed by atoms with Crippen molar-refractivity contribution >= 4 is 33.0 Å². The summed E-state index contributed by atoms with van der Waals surface area (Å²) >= 11 is 0. The minimum absolute atomic E-state index is 0.0535. The molecule has 0 saturated heterocycles. The Bertz CT molecular complexity index is 1140. The third kappa shape index (κ3) is 5.15. The second kappa shape index (κ2) is 8.95. The number of benzene rings is 2. The summed E-state index contributed by atoms with van der Waals surface area (Å²) in [4.78, 5) is 8.35. The molecule has 0 atom stereocenters. The second-order valence-electron chi connectivity index (χ2n) is 6.32. The average molecular weight is 431 g/mol. The van der Waals surface area contributed by atoms with Gasteiger partial charge in [0.05, 0.1) is 7.11 Å². The van der Waals surface area contributed by atoms with Crippen molar-refractivity contribution in [3.8, 4) is 5.75 Å². The number of ether oxygens (including phenoxy) is 1. The molecular formula is C20H22FN5O3S. The van der Waals surface area contributed by atoms with Crippen molar-refractivity contribution in [2.24, 2.45) is 0 Å². The van der Waals surface area contributed by atoms with Crippen LogP contribution in [0.25, 0.3) is 0 Å². The zero-order valence-corrected chi connectivity index (χ0v) is 17.5. The van der Waals surface area contributed by atoms with Crippen LogP contribution in [0.4, 0.5) is 27.4 Å². The summed E-state index contributed by atoms with van der Waals surface area (Å²) in [5, 5.41) is 6.29. The lowest BCUT2D eigenvalue weighted by Crippen LogP contribution is -2.14. The fourth-order valence-corrected chi connectivity index (χ4v) is 3.98. The zero-order chi connectivity index (χ0) is 21.7. The molecule has 0 fully saturated rings. The first-order valence-corrected chi connectivity index (χ1v) is 10.6. The highest BCUT2D eigenvalue weighted by atomic mass is 32.2. The Morgan fingerprint density at radius 1 is 1.00 bits per heavy atom. The number of anilines is 4. The number of hydrogen-bond donors (Lipinski definition) is 3. The lowest BCUT2D eigenvalue weighted by molar-refractivity contribution is 0.401. The number of rotatable bonds is 8. The molecule has 3 N–H and O–H groups in total. The number of aryl methyl sites for hydroxylation is 1. The Hall–Kier alpha value is -3.40. The van der Waals surface area contributed by atoms with E-state index < -0.39 is 15.8 Å². The Morgan fingerprint density at radius 2 is 1.67 bits per heavy atom. The molecule has 0 bridgehead atoms. The Kier molecular flexibility index (Phi) is 6.36. The van der Waals surface area contributed by atoms with E-state index >= 15 is 0 Å². The molecule has 3 aromatic rings. The van der Waals surface area contributed by atoms with Gasteiger partial charge in [-0.2, -0.15) is 0 Å². The zero-order valence-electron chi connectivity index (χ0n) is 16.7. The first-order valence-electron chi connectivity index (χ1n) is 9.13. The van der Waals surface area contributed by atoms with Gasteiger partial charge in [-0.3, -0.25) is 4.72 Å². The number of methoxy groups -OCH3 is 1. The molecule has 158 valence electrons. The number of halogens is 1. The van der Waals surface area contributed by atoms with Crippen molar-refractivity contribution in [3.63, 3.8) is 0 Å². The van der Waals surface area contributed by atoms with Crippen LogP contribution < -0.4 is 20.1 Å². The van der Waals surface area contributed by atoms with Crippen LogP contribution in [0, 0.1) is 12.7 Å². The summed E-state index contributed by atoms with van der Waals surface area (Å²) in [6, 6.07) is 11.7. The van der Waals surface area contributed by atoms with Gasteiger partial charge >= 0.3 is 0 Å². The minimum Gasteiger partial charge on any atom is -0.495 e. The van der Waals surface area contributed by atoms with E-state index in [0.29, 0.717) is 28.8 Å². The normalized spacial score (nSPS) is 11.1. The molecule has 8 nitrogen and oxygen atoms in total. The van der Waals surface area contributed by atoms with Crippen LogP contribution in [0.2, 0.25) is 0 Å². The van der Waals surface area contributed by atoms with E-state index in [9.17, 15) is 12.8 Å². The van der Waals surface area contributed by atoms with Gasteiger partial charge in [0, 0.05) is 24.0 Å². The quantitative estimate of drug-likeness (QED) is 0.497. The van der Waals surface area contributed by atoms with Crippen LogP contribution in [0.5, 0.6) is 5.75 Å². The van der Waals surface area contributed by atoms with Gasteiger partial charge < -0.3 is 15.4 Å². The number of sulfonamides is 1. The van der Waals surface area contributed by atoms with Gasteiger partial charge in [-0.05, 0) is 56.3 Å². The maximum absolute atomic E-state index is 13.5. The Balaban J connectivity index is 1.77. The van der Waals surface area contributed by atoms with E-state index in [4.69, 9.17) is 4.74 Å². The fourth-order valence-electron chi connectivity index (χ4n) is 2.74. The third-order valence-electron chi connectivity index (χ3n) is 4.02. The summed E-state index contributed by atoms with van der Waals surface area (Å²) in [5.74, 6) is 1.31. The molecule has 2 aromatic carbocycles. The summed E-state index contributed by atoms with van der Waals surface area (Å²) < 4.78 is 46.3. The molecule has 1 heterocycles. The molecule has 0 amide bonds. The molecular weight excluding hydrogens is 409 g/mol. The van der Waals surface area contributed by atoms with Gasteiger partial charge in [0.15, 0.2) is 0 Å². The van der Waals surface area contributed by atoms with Crippen molar-refractivity contribution in [1.82, 2.24) is 9.97 Å². The van der Waals surface area contributed by atoms with Gasteiger partial charge in [0.25, 0.3) is 10.0 Å². The Morgan fingerprint density at radius 3 is 2.33 bits per heavy atom. The number of nitrogens with one attached hydrogen (secondary N) is 3. The molecule has 0 aliphatic heterocycles. The highest BCUT2D eigenvalue weighted by Crippen LogP contribution is 2.27. The lowest BCUT2D eigenvalue weighted by Gasteiger charge is -2.13. The van der Waals surface area contributed by atoms with Crippen molar-refractivity contribution in [1.29, 1.82) is 0 Å². The summed E-state index contributed by atoms with van der Waals surface area (Å²) in [7, 11) is -2.71. The number of nitrogens with zero attached hydrogens (tertiary/aromatic N) is 2. The highest BCUT2D eigenvalue weighted by molar-refractivity contribution is 7.92. The average Bonchev–Trinajstić information content (AvgIpc) is 2.69. The fraction of sp³-hybridized carbons (Fsp3) is 0.200. The van der Waals surface area contributed by atoms with Crippen molar-refractivity contribution in [2.75, 3.05) is 29.0 Å².